The van der Waals surface area contributed by atoms with E-state index in [1.54, 1.807) is 0 Å². The Balaban J connectivity index is 2.20. The summed E-state index contributed by atoms with van der Waals surface area (Å²) < 4.78 is 0. The minimum atomic E-state index is 0.354. The smallest absolute Gasteiger partial charge is 0.142 e. The van der Waals surface area contributed by atoms with Crippen LogP contribution in [0.25, 0.3) is 11.1 Å². The van der Waals surface area contributed by atoms with Gasteiger partial charge in [-0.2, -0.15) is 5.26 Å². The number of anilines is 2. The molecule has 118 valence electrons. The molecule has 23 heavy (non-hydrogen) atoms. The Morgan fingerprint density at radius 3 is 2.57 bits per heavy atom. The average Bonchev–Trinajstić information content (AvgIpc) is 2.54. The van der Waals surface area contributed by atoms with Gasteiger partial charge in [0.15, 0.2) is 0 Å². The minimum absolute atomic E-state index is 0.354. The highest BCUT2D eigenvalue weighted by Gasteiger charge is 2.24. The SMILES string of the molecule is C[C@@H]1CCc2nc(N)c(C#N)c(-c3ccc(N(C)C)cc3)c2C1. The van der Waals surface area contributed by atoms with Crippen LogP contribution >= 0.6 is 0 Å². The van der Waals surface area contributed by atoms with E-state index >= 15 is 0 Å². The van der Waals surface area contributed by atoms with Crippen molar-refractivity contribution in [2.45, 2.75) is 26.2 Å². The Bertz CT molecular complexity index is 769. The van der Waals surface area contributed by atoms with Crippen LogP contribution in [0.1, 0.15) is 30.2 Å². The molecule has 4 nitrogen and oxygen atoms in total. The second-order valence-corrected chi connectivity index (χ2v) is 6.57. The van der Waals surface area contributed by atoms with Gasteiger partial charge >= 0.3 is 0 Å². The number of nitriles is 1. The molecule has 0 fully saturated rings. The van der Waals surface area contributed by atoms with E-state index in [-0.39, 0.29) is 0 Å². The van der Waals surface area contributed by atoms with Crippen molar-refractivity contribution in [3.63, 3.8) is 0 Å². The number of hydrogen-bond acceptors (Lipinski definition) is 4. The maximum atomic E-state index is 9.59. The van der Waals surface area contributed by atoms with Crippen LogP contribution in [0.5, 0.6) is 0 Å². The van der Waals surface area contributed by atoms with Crippen molar-refractivity contribution in [2.24, 2.45) is 5.92 Å². The lowest BCUT2D eigenvalue weighted by atomic mass is 9.82. The highest BCUT2D eigenvalue weighted by molar-refractivity contribution is 5.80. The van der Waals surface area contributed by atoms with Crippen molar-refractivity contribution < 1.29 is 0 Å². The molecule has 2 aromatic rings. The second-order valence-electron chi connectivity index (χ2n) is 6.57. The summed E-state index contributed by atoms with van der Waals surface area (Å²) in [6, 6.07) is 10.6. The van der Waals surface area contributed by atoms with E-state index in [9.17, 15) is 5.26 Å². The number of hydrogen-bond donors (Lipinski definition) is 1. The molecule has 1 aromatic carbocycles. The lowest BCUT2D eigenvalue weighted by molar-refractivity contribution is 0.495. The molecule has 4 heteroatoms. The normalized spacial score (nSPS) is 16.5. The Kier molecular flexibility index (Phi) is 3.96. The van der Waals surface area contributed by atoms with Gasteiger partial charge in [0.25, 0.3) is 0 Å². The molecule has 1 aliphatic carbocycles. The van der Waals surface area contributed by atoms with Crippen molar-refractivity contribution >= 4 is 11.5 Å². The molecule has 0 saturated carbocycles. The van der Waals surface area contributed by atoms with Crippen molar-refractivity contribution in [3.05, 3.63) is 41.1 Å². The molecule has 0 aliphatic heterocycles. The third-order valence-electron chi connectivity index (χ3n) is 4.62. The summed E-state index contributed by atoms with van der Waals surface area (Å²) >= 11 is 0. The standard InChI is InChI=1S/C19H22N4/c1-12-4-9-17-15(10-12)18(16(11-20)19(21)22-17)13-5-7-14(8-6-13)23(2)3/h5-8,12H,4,9-10H2,1-3H3,(H2,21,22)/t12-/m1/s1. The predicted molar refractivity (Wildman–Crippen MR) is 94.3 cm³/mol. The summed E-state index contributed by atoms with van der Waals surface area (Å²) in [5.74, 6) is 0.965. The fourth-order valence-corrected chi connectivity index (χ4v) is 3.31. The summed E-state index contributed by atoms with van der Waals surface area (Å²) in [7, 11) is 4.04. The summed E-state index contributed by atoms with van der Waals surface area (Å²) in [5, 5.41) is 9.59. The number of nitrogen functional groups attached to an aromatic ring is 1. The third kappa shape index (κ3) is 2.75. The Morgan fingerprint density at radius 2 is 1.96 bits per heavy atom. The van der Waals surface area contributed by atoms with Gasteiger partial charge in [-0.05, 0) is 48.4 Å². The average molecular weight is 306 g/mol. The number of pyridine rings is 1. The summed E-state index contributed by atoms with van der Waals surface area (Å²) in [6.07, 6.45) is 3.03. The van der Waals surface area contributed by atoms with Gasteiger partial charge in [0.05, 0.1) is 0 Å². The Morgan fingerprint density at radius 1 is 1.26 bits per heavy atom. The molecule has 0 saturated heterocycles. The van der Waals surface area contributed by atoms with E-state index in [0.717, 1.165) is 41.8 Å². The Labute approximate surface area is 137 Å². The van der Waals surface area contributed by atoms with Gasteiger partial charge in [0.2, 0.25) is 0 Å². The lowest BCUT2D eigenvalue weighted by Gasteiger charge is -2.25. The number of nitrogens with two attached hydrogens (primary N) is 1. The van der Waals surface area contributed by atoms with Crippen LogP contribution < -0.4 is 10.6 Å². The van der Waals surface area contributed by atoms with Crippen molar-refractivity contribution in [2.75, 3.05) is 24.7 Å². The van der Waals surface area contributed by atoms with Crippen molar-refractivity contribution in [1.29, 1.82) is 5.26 Å². The van der Waals surface area contributed by atoms with E-state index < -0.39 is 0 Å². The fraction of sp³-hybridized carbons (Fsp3) is 0.368. The van der Waals surface area contributed by atoms with Crippen LogP contribution in [0.15, 0.2) is 24.3 Å². The summed E-state index contributed by atoms with van der Waals surface area (Å²) in [6.45, 7) is 2.25. The largest absolute Gasteiger partial charge is 0.383 e. The Hall–Kier alpha value is -2.54. The van der Waals surface area contributed by atoms with E-state index in [4.69, 9.17) is 5.73 Å². The zero-order valence-electron chi connectivity index (χ0n) is 13.9. The molecule has 1 atom stereocenters. The maximum absolute atomic E-state index is 9.59. The molecule has 1 aliphatic rings. The number of aromatic nitrogens is 1. The molecule has 0 amide bonds. The van der Waals surface area contributed by atoms with Crippen LogP contribution in [0, 0.1) is 17.2 Å². The lowest BCUT2D eigenvalue weighted by Crippen LogP contribution is -2.17. The number of nitrogens with zero attached hydrogens (tertiary/aromatic N) is 3. The molecular weight excluding hydrogens is 284 g/mol. The highest BCUT2D eigenvalue weighted by Crippen LogP contribution is 2.37. The zero-order chi connectivity index (χ0) is 16.6. The van der Waals surface area contributed by atoms with Gasteiger partial charge in [0.1, 0.15) is 17.5 Å². The van der Waals surface area contributed by atoms with Crippen LogP contribution in [0.2, 0.25) is 0 Å². The van der Waals surface area contributed by atoms with Gasteiger partial charge in [0, 0.05) is 31.0 Å². The number of aryl methyl sites for hydroxylation is 1. The molecule has 0 spiro atoms. The first kappa shape index (κ1) is 15.4. The van der Waals surface area contributed by atoms with Crippen LogP contribution in [0.3, 0.4) is 0 Å². The fourth-order valence-electron chi connectivity index (χ4n) is 3.31. The van der Waals surface area contributed by atoms with Gasteiger partial charge < -0.3 is 10.6 Å². The minimum Gasteiger partial charge on any atom is -0.383 e. The first-order valence-corrected chi connectivity index (χ1v) is 8.00. The first-order chi connectivity index (χ1) is 11.0. The molecule has 0 radical (unpaired) electrons. The number of fused-ring (bicyclic) bond motifs is 1. The second kappa shape index (κ2) is 5.92. The molecule has 0 bridgehead atoms. The van der Waals surface area contributed by atoms with Crippen LogP contribution in [0.4, 0.5) is 11.5 Å². The monoisotopic (exact) mass is 306 g/mol. The van der Waals surface area contributed by atoms with Gasteiger partial charge in [-0.1, -0.05) is 19.1 Å². The topological polar surface area (TPSA) is 65.9 Å². The first-order valence-electron chi connectivity index (χ1n) is 8.00. The maximum Gasteiger partial charge on any atom is 0.142 e. The molecule has 0 unspecified atom stereocenters. The molecular formula is C19H22N4. The van der Waals surface area contributed by atoms with Crippen LogP contribution in [-0.2, 0) is 12.8 Å². The zero-order valence-corrected chi connectivity index (χ0v) is 13.9. The molecule has 3 rings (SSSR count). The highest BCUT2D eigenvalue weighted by atomic mass is 15.1. The van der Waals surface area contributed by atoms with E-state index in [1.807, 2.05) is 14.1 Å². The number of rotatable bonds is 2. The van der Waals surface area contributed by atoms with E-state index in [2.05, 4.69) is 47.1 Å². The predicted octanol–water partition coefficient (Wildman–Crippen LogP) is 3.39. The number of benzene rings is 1. The molecule has 2 N–H and O–H groups in total. The van der Waals surface area contributed by atoms with Gasteiger partial charge in [-0.3, -0.25) is 0 Å². The van der Waals surface area contributed by atoms with Gasteiger partial charge in [-0.25, -0.2) is 4.98 Å². The summed E-state index contributed by atoms with van der Waals surface area (Å²) in [4.78, 5) is 6.56. The van der Waals surface area contributed by atoms with Crippen molar-refractivity contribution in [1.82, 2.24) is 4.98 Å². The van der Waals surface area contributed by atoms with Crippen molar-refractivity contribution in [3.8, 4) is 17.2 Å². The third-order valence-corrected chi connectivity index (χ3v) is 4.62. The van der Waals surface area contributed by atoms with E-state index in [0.29, 0.717) is 17.3 Å². The summed E-state index contributed by atoms with van der Waals surface area (Å²) in [5.41, 5.74) is 12.0. The van der Waals surface area contributed by atoms with Crippen LogP contribution in [-0.4, -0.2) is 19.1 Å². The quantitative estimate of drug-likeness (QED) is 0.923. The molecule has 1 aromatic heterocycles. The molecule has 1 heterocycles. The van der Waals surface area contributed by atoms with E-state index in [1.165, 1.54) is 5.56 Å². The van der Waals surface area contributed by atoms with Gasteiger partial charge in [-0.15, -0.1) is 0 Å².